The van der Waals surface area contributed by atoms with Gasteiger partial charge >= 0.3 is 0 Å². The maximum absolute atomic E-state index is 5.74. The molecule has 10 heteroatoms. The highest BCUT2D eigenvalue weighted by Gasteiger charge is 2.07. The van der Waals surface area contributed by atoms with Crippen molar-refractivity contribution in [2.75, 3.05) is 0 Å². The van der Waals surface area contributed by atoms with Gasteiger partial charge in [-0.1, -0.05) is 0 Å². The molecule has 0 fully saturated rings. The Hall–Kier alpha value is -2.41. The van der Waals surface area contributed by atoms with Crippen molar-refractivity contribution in [3.8, 4) is 0 Å². The van der Waals surface area contributed by atoms with E-state index in [1.54, 1.807) is 0 Å². The second-order valence-corrected chi connectivity index (χ2v) is 3.13. The molecule has 0 amide bonds. The average molecular weight is 261 g/mol. The zero-order valence-corrected chi connectivity index (χ0v) is 10.2. The first-order valence-electron chi connectivity index (χ1n) is 4.68. The molecule has 0 radical (unpaired) electrons. The largest absolute Gasteiger partial charge is 0.380 e. The molecular weight excluding hydrogens is 253 g/mol. The van der Waals surface area contributed by atoms with Crippen LogP contribution in [-0.2, 0) is 0 Å². The Bertz CT molecular complexity index is 568. The second-order valence-electron chi connectivity index (χ2n) is 2.87. The van der Waals surface area contributed by atoms with Crippen molar-refractivity contribution in [2.45, 2.75) is 0 Å². The van der Waals surface area contributed by atoms with E-state index in [0.29, 0.717) is 5.82 Å². The first-order chi connectivity index (χ1) is 8.81. The lowest BCUT2D eigenvalue weighted by Crippen LogP contribution is -2.20. The molecule has 1 atom stereocenters. The Labute approximate surface area is 104 Å². The minimum atomic E-state index is 0.0963. The van der Waals surface area contributed by atoms with Gasteiger partial charge in [-0.3, -0.25) is 0 Å². The van der Waals surface area contributed by atoms with E-state index in [9.17, 15) is 0 Å². The topological polar surface area (TPSA) is 128 Å². The number of aliphatic imine (C=N–C) groups is 1. The van der Waals surface area contributed by atoms with Crippen molar-refractivity contribution in [1.82, 2.24) is 29.9 Å². The fourth-order valence-electron chi connectivity index (χ4n) is 1.03. The highest BCUT2D eigenvalue weighted by atomic mass is 31.0. The average Bonchev–Trinajstić information content (AvgIpc) is 2.46. The normalized spacial score (nSPS) is 12.5. The van der Waals surface area contributed by atoms with E-state index in [0.717, 1.165) is 0 Å². The quantitative estimate of drug-likeness (QED) is 0.417. The highest BCUT2D eigenvalue weighted by molar-refractivity contribution is 7.15. The summed E-state index contributed by atoms with van der Waals surface area (Å²) in [6.07, 6.45) is 5.33. The van der Waals surface area contributed by atoms with E-state index < -0.39 is 0 Å². The van der Waals surface area contributed by atoms with Crippen LogP contribution in [0.2, 0.25) is 0 Å². The SMILES string of the molecule is NC(=N/C(=N\P)c1ncncn1)c1ncncn1. The maximum Gasteiger partial charge on any atom is 0.200 e. The first-order valence-corrected chi connectivity index (χ1v) is 5.19. The monoisotopic (exact) mass is 261 g/mol. The lowest BCUT2D eigenvalue weighted by atomic mass is 10.5. The summed E-state index contributed by atoms with van der Waals surface area (Å²) < 4.78 is 3.87. The Morgan fingerprint density at radius 3 is 1.94 bits per heavy atom. The number of hydrogen-bond acceptors (Lipinski definition) is 7. The highest BCUT2D eigenvalue weighted by Crippen LogP contribution is 1.99. The van der Waals surface area contributed by atoms with Crippen LogP contribution in [0, 0.1) is 0 Å². The fourth-order valence-corrected chi connectivity index (χ4v) is 1.20. The molecule has 2 heterocycles. The van der Waals surface area contributed by atoms with Gasteiger partial charge in [-0.25, -0.2) is 39.7 Å². The van der Waals surface area contributed by atoms with Gasteiger partial charge in [0, 0.05) is 0 Å². The van der Waals surface area contributed by atoms with Gasteiger partial charge in [-0.05, 0) is 9.39 Å². The molecule has 2 aromatic heterocycles. The zero-order chi connectivity index (χ0) is 12.8. The smallest absolute Gasteiger partial charge is 0.200 e. The molecule has 0 aliphatic carbocycles. The molecule has 1 unspecified atom stereocenters. The summed E-state index contributed by atoms with van der Waals surface area (Å²) in [5, 5.41) is 0. The predicted molar refractivity (Wildman–Crippen MR) is 66.6 cm³/mol. The molecule has 0 aliphatic heterocycles. The van der Waals surface area contributed by atoms with Crippen molar-refractivity contribution >= 4 is 21.1 Å². The number of rotatable bonds is 2. The zero-order valence-electron chi connectivity index (χ0n) is 9.04. The summed E-state index contributed by atoms with van der Waals surface area (Å²) in [5.74, 6) is 0.890. The standard InChI is InChI=1S/C8H8N9P/c9-5(6-12-1-10-2-13-6)16-8(17-18)7-14-3-11-4-15-7/h1-4H,18H2,(H2,9,16,17). The lowest BCUT2D eigenvalue weighted by molar-refractivity contribution is 1.01. The van der Waals surface area contributed by atoms with Gasteiger partial charge in [0.2, 0.25) is 5.82 Å². The summed E-state index contributed by atoms with van der Waals surface area (Å²) in [5.41, 5.74) is 5.74. The van der Waals surface area contributed by atoms with Crippen molar-refractivity contribution in [2.24, 2.45) is 15.5 Å². The number of aromatic nitrogens is 6. The van der Waals surface area contributed by atoms with Crippen LogP contribution in [0.15, 0.2) is 35.1 Å². The van der Waals surface area contributed by atoms with Gasteiger partial charge in [-0.15, -0.1) is 0 Å². The van der Waals surface area contributed by atoms with Crippen molar-refractivity contribution in [3.05, 3.63) is 37.0 Å². The van der Waals surface area contributed by atoms with Gasteiger partial charge in [0.25, 0.3) is 0 Å². The van der Waals surface area contributed by atoms with Crippen LogP contribution in [0.5, 0.6) is 0 Å². The maximum atomic E-state index is 5.74. The van der Waals surface area contributed by atoms with E-state index in [1.165, 1.54) is 25.3 Å². The van der Waals surface area contributed by atoms with Gasteiger partial charge in [-0.2, -0.15) is 0 Å². The summed E-state index contributed by atoms with van der Waals surface area (Å²) >= 11 is 0. The predicted octanol–water partition coefficient (Wildman–Crippen LogP) is -1.00. The Kier molecular flexibility index (Phi) is 3.87. The van der Waals surface area contributed by atoms with Crippen LogP contribution in [0.1, 0.15) is 11.6 Å². The van der Waals surface area contributed by atoms with Gasteiger partial charge < -0.3 is 5.73 Å². The van der Waals surface area contributed by atoms with Gasteiger partial charge in [0.15, 0.2) is 17.5 Å². The van der Waals surface area contributed by atoms with Crippen molar-refractivity contribution < 1.29 is 0 Å². The van der Waals surface area contributed by atoms with Gasteiger partial charge in [0.05, 0.1) is 0 Å². The summed E-state index contributed by atoms with van der Waals surface area (Å²) in [7, 11) is 2.17. The molecule has 9 nitrogen and oxygen atoms in total. The number of amidine groups is 2. The number of hydrogen-bond donors (Lipinski definition) is 1. The van der Waals surface area contributed by atoms with Crippen LogP contribution in [0.3, 0.4) is 0 Å². The molecule has 0 aromatic carbocycles. The molecule has 2 aromatic rings. The summed E-state index contributed by atoms with van der Waals surface area (Å²) in [6.45, 7) is 0. The molecule has 18 heavy (non-hydrogen) atoms. The minimum absolute atomic E-state index is 0.0963. The van der Waals surface area contributed by atoms with Crippen molar-refractivity contribution in [1.29, 1.82) is 0 Å². The van der Waals surface area contributed by atoms with Crippen LogP contribution in [0.4, 0.5) is 0 Å². The molecule has 0 aliphatic rings. The third-order valence-electron chi connectivity index (χ3n) is 1.76. The van der Waals surface area contributed by atoms with E-state index >= 15 is 0 Å². The van der Waals surface area contributed by atoms with Crippen molar-refractivity contribution in [3.63, 3.8) is 0 Å². The van der Waals surface area contributed by atoms with Crippen LogP contribution in [-0.4, -0.2) is 41.6 Å². The van der Waals surface area contributed by atoms with E-state index in [-0.39, 0.29) is 17.5 Å². The Morgan fingerprint density at radius 1 is 0.944 bits per heavy atom. The molecule has 0 saturated carbocycles. The molecule has 0 bridgehead atoms. The van der Waals surface area contributed by atoms with Crippen LogP contribution in [0.25, 0.3) is 0 Å². The molecule has 2 N–H and O–H groups in total. The lowest BCUT2D eigenvalue weighted by Gasteiger charge is -2.00. The number of nitrogens with zero attached hydrogens (tertiary/aromatic N) is 8. The van der Waals surface area contributed by atoms with E-state index in [4.69, 9.17) is 5.73 Å². The minimum Gasteiger partial charge on any atom is -0.380 e. The Morgan fingerprint density at radius 2 is 1.44 bits per heavy atom. The molecular formula is C8H8N9P. The molecule has 0 spiro atoms. The van der Waals surface area contributed by atoms with Gasteiger partial charge in [0.1, 0.15) is 25.3 Å². The van der Waals surface area contributed by atoms with Crippen LogP contribution >= 0.6 is 9.39 Å². The fraction of sp³-hybridized carbons (Fsp3) is 0. The summed E-state index contributed by atoms with van der Waals surface area (Å²) in [4.78, 5) is 27.0. The third-order valence-corrected chi connectivity index (χ3v) is 2.01. The molecule has 0 saturated heterocycles. The van der Waals surface area contributed by atoms with E-state index in [1.807, 2.05) is 0 Å². The molecule has 2 rings (SSSR count). The molecule has 90 valence electrons. The van der Waals surface area contributed by atoms with E-state index in [2.05, 4.69) is 49.0 Å². The second kappa shape index (κ2) is 5.78. The summed E-state index contributed by atoms with van der Waals surface area (Å²) in [6, 6.07) is 0. The van der Waals surface area contributed by atoms with Crippen LogP contribution < -0.4 is 5.73 Å². The Balaban J connectivity index is 2.32. The first kappa shape index (κ1) is 12.1. The number of nitrogens with two attached hydrogens (primary N) is 1. The third kappa shape index (κ3) is 2.83.